The molecule has 6 heteroatoms. The van der Waals surface area contributed by atoms with Crippen molar-refractivity contribution in [3.05, 3.63) is 23.8 Å². The molecule has 1 aromatic carbocycles. The average molecular weight is 293 g/mol. The zero-order valence-electron chi connectivity index (χ0n) is 12.3. The minimum Gasteiger partial charge on any atom is -0.507 e. The average Bonchev–Trinajstić information content (AvgIpc) is 2.87. The van der Waals surface area contributed by atoms with Crippen LogP contribution < -0.4 is 4.74 Å². The molecule has 114 valence electrons. The van der Waals surface area contributed by atoms with Crippen LogP contribution in [0.3, 0.4) is 0 Å². The maximum absolute atomic E-state index is 12.4. The van der Waals surface area contributed by atoms with Crippen molar-refractivity contribution in [2.75, 3.05) is 27.3 Å². The molecule has 6 nitrogen and oxygen atoms in total. The van der Waals surface area contributed by atoms with Crippen LogP contribution in [-0.4, -0.2) is 49.2 Å². The zero-order chi connectivity index (χ0) is 15.6. The number of hydrogen-bond acceptors (Lipinski definition) is 5. The van der Waals surface area contributed by atoms with Crippen molar-refractivity contribution < 1.29 is 24.2 Å². The third kappa shape index (κ3) is 2.94. The lowest BCUT2D eigenvalue weighted by atomic mass is 9.99. The Morgan fingerprint density at radius 3 is 2.57 bits per heavy atom. The van der Waals surface area contributed by atoms with Crippen molar-refractivity contribution in [2.24, 2.45) is 11.8 Å². The molecule has 1 aromatic rings. The van der Waals surface area contributed by atoms with Crippen LogP contribution in [0.1, 0.15) is 17.3 Å². The normalized spacial score (nSPS) is 21.2. The highest BCUT2D eigenvalue weighted by atomic mass is 16.5. The molecule has 1 fully saturated rings. The second-order valence-electron chi connectivity index (χ2n) is 5.20. The molecule has 2 unspecified atom stereocenters. The van der Waals surface area contributed by atoms with Crippen LogP contribution >= 0.6 is 0 Å². The van der Waals surface area contributed by atoms with E-state index in [1.807, 2.05) is 6.92 Å². The predicted octanol–water partition coefficient (Wildman–Crippen LogP) is 1.28. The summed E-state index contributed by atoms with van der Waals surface area (Å²) in [6, 6.07) is 4.53. The summed E-state index contributed by atoms with van der Waals surface area (Å²) in [7, 11) is 2.83. The molecule has 2 rings (SSSR count). The minimum atomic E-state index is -0.320. The van der Waals surface area contributed by atoms with Gasteiger partial charge in [0.25, 0.3) is 5.91 Å². The summed E-state index contributed by atoms with van der Waals surface area (Å²) in [4.78, 5) is 25.7. The van der Waals surface area contributed by atoms with Crippen molar-refractivity contribution in [2.45, 2.75) is 6.92 Å². The van der Waals surface area contributed by atoms with Gasteiger partial charge in [0.15, 0.2) is 0 Å². The predicted molar refractivity (Wildman–Crippen MR) is 75.2 cm³/mol. The summed E-state index contributed by atoms with van der Waals surface area (Å²) in [5, 5.41) is 9.92. The second kappa shape index (κ2) is 6.03. The first-order valence-electron chi connectivity index (χ1n) is 6.72. The van der Waals surface area contributed by atoms with Crippen molar-refractivity contribution in [1.29, 1.82) is 0 Å². The highest BCUT2D eigenvalue weighted by Crippen LogP contribution is 2.29. The molecule has 0 saturated carbocycles. The number of aromatic hydroxyl groups is 1. The number of likely N-dealkylation sites (tertiary alicyclic amines) is 1. The number of nitrogens with zero attached hydrogens (tertiary/aromatic N) is 1. The van der Waals surface area contributed by atoms with E-state index in [0.29, 0.717) is 18.8 Å². The molecule has 21 heavy (non-hydrogen) atoms. The van der Waals surface area contributed by atoms with Crippen LogP contribution in [0.15, 0.2) is 18.2 Å². The van der Waals surface area contributed by atoms with E-state index < -0.39 is 0 Å². The van der Waals surface area contributed by atoms with Gasteiger partial charge in [0, 0.05) is 19.2 Å². The molecule has 1 aliphatic heterocycles. The number of carbonyl (C=O) groups is 2. The number of hydrogen-bond donors (Lipinski definition) is 1. The molecule has 0 aliphatic carbocycles. The number of benzene rings is 1. The monoisotopic (exact) mass is 293 g/mol. The Bertz CT molecular complexity index is 557. The summed E-state index contributed by atoms with van der Waals surface area (Å²) in [5.74, 6) is -0.550. The molecule has 1 N–H and O–H groups in total. The Balaban J connectivity index is 2.16. The first-order chi connectivity index (χ1) is 9.97. The maximum Gasteiger partial charge on any atom is 0.310 e. The topological polar surface area (TPSA) is 76.1 Å². The number of ether oxygens (including phenoxy) is 2. The third-order valence-corrected chi connectivity index (χ3v) is 3.84. The van der Waals surface area contributed by atoms with E-state index in [9.17, 15) is 14.7 Å². The maximum atomic E-state index is 12.4. The van der Waals surface area contributed by atoms with Gasteiger partial charge in [-0.3, -0.25) is 9.59 Å². The summed E-state index contributed by atoms with van der Waals surface area (Å²) in [6.45, 7) is 2.67. The van der Waals surface area contributed by atoms with Gasteiger partial charge in [0.1, 0.15) is 11.5 Å². The molecule has 1 heterocycles. The quantitative estimate of drug-likeness (QED) is 0.850. The fourth-order valence-electron chi connectivity index (χ4n) is 2.58. The summed E-state index contributed by atoms with van der Waals surface area (Å²) in [6.07, 6.45) is 0. The number of carbonyl (C=O) groups excluding carboxylic acids is 2. The lowest BCUT2D eigenvalue weighted by Crippen LogP contribution is -2.30. The number of esters is 1. The Morgan fingerprint density at radius 2 is 2.00 bits per heavy atom. The van der Waals surface area contributed by atoms with Crippen LogP contribution in [0, 0.1) is 11.8 Å². The Morgan fingerprint density at radius 1 is 1.29 bits per heavy atom. The van der Waals surface area contributed by atoms with Crippen LogP contribution in [-0.2, 0) is 9.53 Å². The summed E-state index contributed by atoms with van der Waals surface area (Å²) < 4.78 is 9.74. The number of phenols is 1. The first kappa shape index (κ1) is 15.2. The minimum absolute atomic E-state index is 0.0294. The summed E-state index contributed by atoms with van der Waals surface area (Å²) >= 11 is 0. The van der Waals surface area contributed by atoms with Gasteiger partial charge in [-0.15, -0.1) is 0 Å². The Labute approximate surface area is 123 Å². The highest BCUT2D eigenvalue weighted by Gasteiger charge is 2.38. The van der Waals surface area contributed by atoms with Crippen LogP contribution in [0.4, 0.5) is 0 Å². The van der Waals surface area contributed by atoms with Gasteiger partial charge >= 0.3 is 5.97 Å². The van der Waals surface area contributed by atoms with Crippen LogP contribution in [0.25, 0.3) is 0 Å². The van der Waals surface area contributed by atoms with E-state index in [0.717, 1.165) is 0 Å². The third-order valence-electron chi connectivity index (χ3n) is 3.84. The first-order valence-corrected chi connectivity index (χ1v) is 6.72. The van der Waals surface area contributed by atoms with E-state index in [1.165, 1.54) is 26.4 Å². The molecule has 0 bridgehead atoms. The SMILES string of the molecule is COC(=O)C1CN(C(=O)c2ccc(OC)cc2O)CC1C. The summed E-state index contributed by atoms with van der Waals surface area (Å²) in [5.41, 5.74) is 0.202. The number of methoxy groups -OCH3 is 2. The zero-order valence-corrected chi connectivity index (χ0v) is 12.3. The van der Waals surface area contributed by atoms with E-state index in [2.05, 4.69) is 0 Å². The lowest BCUT2D eigenvalue weighted by molar-refractivity contribution is -0.146. The van der Waals surface area contributed by atoms with Crippen molar-refractivity contribution in [3.8, 4) is 11.5 Å². The van der Waals surface area contributed by atoms with Crippen LogP contribution in [0.2, 0.25) is 0 Å². The van der Waals surface area contributed by atoms with E-state index in [-0.39, 0.29) is 35.0 Å². The molecular weight excluding hydrogens is 274 g/mol. The molecule has 0 radical (unpaired) electrons. The molecule has 2 atom stereocenters. The largest absolute Gasteiger partial charge is 0.507 e. The fourth-order valence-corrected chi connectivity index (χ4v) is 2.58. The lowest BCUT2D eigenvalue weighted by Gasteiger charge is -2.17. The van der Waals surface area contributed by atoms with Gasteiger partial charge < -0.3 is 19.5 Å². The smallest absolute Gasteiger partial charge is 0.310 e. The van der Waals surface area contributed by atoms with E-state index in [1.54, 1.807) is 11.0 Å². The molecule has 0 aromatic heterocycles. The van der Waals surface area contributed by atoms with Gasteiger partial charge in [-0.2, -0.15) is 0 Å². The Hall–Kier alpha value is -2.24. The fraction of sp³-hybridized carbons (Fsp3) is 0.467. The molecular formula is C15H19NO5. The standard InChI is InChI=1S/C15H19NO5/c1-9-7-16(8-12(9)15(19)21-3)14(18)11-5-4-10(20-2)6-13(11)17/h4-6,9,12,17H,7-8H2,1-3H3. The van der Waals surface area contributed by atoms with Gasteiger partial charge in [-0.1, -0.05) is 6.92 Å². The second-order valence-corrected chi connectivity index (χ2v) is 5.20. The number of phenolic OH excluding ortho intramolecular Hbond substituents is 1. The molecule has 1 aliphatic rings. The van der Waals surface area contributed by atoms with Gasteiger partial charge in [-0.05, 0) is 18.1 Å². The van der Waals surface area contributed by atoms with Crippen molar-refractivity contribution >= 4 is 11.9 Å². The number of amides is 1. The highest BCUT2D eigenvalue weighted by molar-refractivity contribution is 5.97. The van der Waals surface area contributed by atoms with Crippen molar-refractivity contribution in [1.82, 2.24) is 4.90 Å². The van der Waals surface area contributed by atoms with E-state index >= 15 is 0 Å². The Kier molecular flexibility index (Phi) is 4.35. The van der Waals surface area contributed by atoms with Crippen LogP contribution in [0.5, 0.6) is 11.5 Å². The molecule has 1 amide bonds. The van der Waals surface area contributed by atoms with Gasteiger partial charge in [0.05, 0.1) is 25.7 Å². The van der Waals surface area contributed by atoms with E-state index in [4.69, 9.17) is 9.47 Å². The van der Waals surface area contributed by atoms with Gasteiger partial charge in [-0.25, -0.2) is 0 Å². The van der Waals surface area contributed by atoms with Gasteiger partial charge in [0.2, 0.25) is 0 Å². The number of rotatable bonds is 3. The molecule has 0 spiro atoms. The molecule has 1 saturated heterocycles. The van der Waals surface area contributed by atoms with Crippen molar-refractivity contribution in [3.63, 3.8) is 0 Å².